The number of carboxylic acid groups (broad SMARTS) is 1. The molecule has 3 rings (SSSR count). The molecule has 0 amide bonds. The summed E-state index contributed by atoms with van der Waals surface area (Å²) in [6, 6.07) is 11.3. The first-order chi connectivity index (χ1) is 13.9. The van der Waals surface area contributed by atoms with Crippen LogP contribution in [0.5, 0.6) is 5.75 Å². The van der Waals surface area contributed by atoms with Gasteiger partial charge in [0.05, 0.1) is 18.9 Å². The summed E-state index contributed by atoms with van der Waals surface area (Å²) in [6.07, 6.45) is 0.705. The highest BCUT2D eigenvalue weighted by atomic mass is 16.5. The summed E-state index contributed by atoms with van der Waals surface area (Å²) in [6.45, 7) is 4.88. The molecule has 0 saturated carbocycles. The molecule has 2 N–H and O–H groups in total. The zero-order valence-corrected chi connectivity index (χ0v) is 17.2. The number of aromatic nitrogens is 2. The first kappa shape index (κ1) is 21.0. The number of anilines is 1. The molecule has 29 heavy (non-hydrogen) atoms. The monoisotopic (exact) mass is 399 g/mol. The summed E-state index contributed by atoms with van der Waals surface area (Å²) in [4.78, 5) is 14.1. The first-order valence-electron chi connectivity index (χ1n) is 10.0. The van der Waals surface area contributed by atoms with Gasteiger partial charge in [-0.3, -0.25) is 4.79 Å². The summed E-state index contributed by atoms with van der Waals surface area (Å²) in [7, 11) is 1.61. The van der Waals surface area contributed by atoms with Crippen molar-refractivity contribution in [3.05, 3.63) is 36.4 Å². The summed E-state index contributed by atoms with van der Waals surface area (Å²) in [5.41, 5.74) is 0.346. The van der Waals surface area contributed by atoms with E-state index in [1.54, 1.807) is 7.11 Å². The van der Waals surface area contributed by atoms with Crippen LogP contribution < -0.4 is 9.64 Å². The van der Waals surface area contributed by atoms with Gasteiger partial charge in [-0.2, -0.15) is 0 Å². The summed E-state index contributed by atoms with van der Waals surface area (Å²) in [5.74, 6) is 0.752. The van der Waals surface area contributed by atoms with E-state index in [-0.39, 0.29) is 6.54 Å². The van der Waals surface area contributed by atoms with E-state index >= 15 is 0 Å². The Morgan fingerprint density at radius 1 is 1.28 bits per heavy atom. The molecular weight excluding hydrogens is 370 g/mol. The number of rotatable bonds is 7. The fraction of sp³-hybridized carbons (Fsp3) is 0.500. The number of carbonyl (C=O) groups is 1. The maximum Gasteiger partial charge on any atom is 0.314 e. The Labute approximate surface area is 171 Å². The fourth-order valence-corrected chi connectivity index (χ4v) is 3.88. The molecule has 7 heteroatoms. The maximum atomic E-state index is 12.1. The zero-order valence-electron chi connectivity index (χ0n) is 17.2. The Balaban J connectivity index is 1.84. The number of hydrogen-bond donors (Lipinski definition) is 2. The number of carboxylic acids is 1. The van der Waals surface area contributed by atoms with E-state index in [0.29, 0.717) is 42.6 Å². The van der Waals surface area contributed by atoms with Crippen LogP contribution in [-0.2, 0) is 4.79 Å². The molecule has 0 unspecified atom stereocenters. The molecule has 2 aromatic rings. The highest BCUT2D eigenvalue weighted by Gasteiger charge is 2.49. The van der Waals surface area contributed by atoms with E-state index in [1.165, 1.54) is 0 Å². The predicted molar refractivity (Wildman–Crippen MR) is 111 cm³/mol. The van der Waals surface area contributed by atoms with Crippen molar-refractivity contribution in [1.29, 1.82) is 0 Å². The quantitative estimate of drug-likeness (QED) is 0.738. The smallest absolute Gasteiger partial charge is 0.314 e. The van der Waals surface area contributed by atoms with Gasteiger partial charge in [0, 0.05) is 18.7 Å². The molecule has 156 valence electrons. The lowest BCUT2D eigenvalue weighted by Gasteiger charge is -2.44. The molecule has 0 aliphatic carbocycles. The van der Waals surface area contributed by atoms with Crippen molar-refractivity contribution in [2.75, 3.05) is 25.1 Å². The molecule has 0 bridgehead atoms. The van der Waals surface area contributed by atoms with E-state index < -0.39 is 17.5 Å². The molecule has 1 aromatic heterocycles. The molecule has 1 aliphatic heterocycles. The molecule has 7 nitrogen and oxygen atoms in total. The van der Waals surface area contributed by atoms with E-state index in [0.717, 1.165) is 12.0 Å². The lowest BCUT2D eigenvalue weighted by molar-refractivity contribution is -0.158. The number of aliphatic carboxylic acids is 1. The number of benzene rings is 1. The molecule has 1 fully saturated rings. The van der Waals surface area contributed by atoms with Crippen LogP contribution in [0.25, 0.3) is 11.3 Å². The van der Waals surface area contributed by atoms with E-state index in [2.05, 4.69) is 24.0 Å². The van der Waals surface area contributed by atoms with Gasteiger partial charge in [0.2, 0.25) is 0 Å². The number of nitrogens with zero attached hydrogens (tertiary/aromatic N) is 3. The number of methoxy groups -OCH3 is 1. The zero-order chi connectivity index (χ0) is 21.0. The van der Waals surface area contributed by atoms with Gasteiger partial charge in [-0.1, -0.05) is 26.0 Å². The topological polar surface area (TPSA) is 95.8 Å². The second kappa shape index (κ2) is 8.78. The molecule has 0 radical (unpaired) electrons. The maximum absolute atomic E-state index is 12.1. The van der Waals surface area contributed by atoms with Crippen molar-refractivity contribution in [3.63, 3.8) is 0 Å². The first-order valence-corrected chi connectivity index (χ1v) is 10.0. The van der Waals surface area contributed by atoms with Crippen molar-refractivity contribution in [2.45, 2.75) is 39.2 Å². The number of aliphatic hydroxyl groups is 1. The van der Waals surface area contributed by atoms with Crippen molar-refractivity contribution in [2.24, 2.45) is 11.3 Å². The lowest BCUT2D eigenvalue weighted by Crippen LogP contribution is -2.56. The Morgan fingerprint density at radius 3 is 2.66 bits per heavy atom. The van der Waals surface area contributed by atoms with Gasteiger partial charge in [0.1, 0.15) is 11.2 Å². The number of ether oxygens (including phenoxy) is 1. The fourth-order valence-electron chi connectivity index (χ4n) is 3.88. The average molecular weight is 399 g/mol. The van der Waals surface area contributed by atoms with Crippen LogP contribution >= 0.6 is 0 Å². The van der Waals surface area contributed by atoms with E-state index in [4.69, 9.17) is 4.74 Å². The van der Waals surface area contributed by atoms with Crippen molar-refractivity contribution < 1.29 is 19.7 Å². The molecule has 1 saturated heterocycles. The summed E-state index contributed by atoms with van der Waals surface area (Å²) in [5, 5.41) is 29.2. The normalized spacial score (nSPS) is 22.0. The Morgan fingerprint density at radius 2 is 2.03 bits per heavy atom. The third-order valence-corrected chi connectivity index (χ3v) is 5.73. The average Bonchev–Trinajstić information content (AvgIpc) is 2.73. The molecular formula is C22H29N3O4. The molecule has 1 aliphatic rings. The van der Waals surface area contributed by atoms with Gasteiger partial charge >= 0.3 is 5.97 Å². The molecule has 2 atom stereocenters. The second-order valence-electron chi connectivity index (χ2n) is 8.10. The number of aliphatic hydroxyl groups excluding tert-OH is 1. The SMILES string of the molecule is COc1ccccc1-c1ccc(N2CC[C@@H](O)[C@](CCC(C)C)(C(=O)O)C2)nn1. The highest BCUT2D eigenvalue weighted by Crippen LogP contribution is 2.38. The number of hydrogen-bond acceptors (Lipinski definition) is 6. The van der Waals surface area contributed by atoms with E-state index in [1.807, 2.05) is 41.3 Å². The van der Waals surface area contributed by atoms with Gasteiger partial charge in [0.15, 0.2) is 5.82 Å². The third-order valence-electron chi connectivity index (χ3n) is 5.73. The molecule has 1 aromatic carbocycles. The summed E-state index contributed by atoms with van der Waals surface area (Å²) < 4.78 is 5.39. The standard InChI is InChI=1S/C22H29N3O4/c1-15(2)10-12-22(21(27)28)14-25(13-11-19(22)26)20-9-8-17(23-24-20)16-6-4-5-7-18(16)29-3/h4-9,15,19,26H,10-14H2,1-3H3,(H,27,28)/t19-,22-/m1/s1. The van der Waals surface area contributed by atoms with Crippen LogP contribution in [0.4, 0.5) is 5.82 Å². The summed E-state index contributed by atoms with van der Waals surface area (Å²) >= 11 is 0. The van der Waals surface area contributed by atoms with Crippen LogP contribution in [0.3, 0.4) is 0 Å². The minimum absolute atomic E-state index is 0.221. The Hall–Kier alpha value is -2.67. The van der Waals surface area contributed by atoms with Crippen LogP contribution in [0, 0.1) is 11.3 Å². The highest BCUT2D eigenvalue weighted by molar-refractivity contribution is 5.77. The second-order valence-corrected chi connectivity index (χ2v) is 8.10. The molecule has 0 spiro atoms. The largest absolute Gasteiger partial charge is 0.496 e. The van der Waals surface area contributed by atoms with Crippen molar-refractivity contribution >= 4 is 11.8 Å². The van der Waals surface area contributed by atoms with Crippen LogP contribution in [0.1, 0.15) is 33.1 Å². The third kappa shape index (κ3) is 4.34. The minimum Gasteiger partial charge on any atom is -0.496 e. The Bertz CT molecular complexity index is 840. The minimum atomic E-state index is -1.19. The predicted octanol–water partition coefficient (Wildman–Crippen LogP) is 3.23. The van der Waals surface area contributed by atoms with Crippen molar-refractivity contribution in [3.8, 4) is 17.0 Å². The van der Waals surface area contributed by atoms with Crippen LogP contribution in [0.2, 0.25) is 0 Å². The van der Waals surface area contributed by atoms with Gasteiger partial charge < -0.3 is 19.8 Å². The van der Waals surface area contributed by atoms with Crippen molar-refractivity contribution in [1.82, 2.24) is 10.2 Å². The lowest BCUT2D eigenvalue weighted by atomic mass is 9.73. The van der Waals surface area contributed by atoms with Gasteiger partial charge in [-0.25, -0.2) is 0 Å². The van der Waals surface area contributed by atoms with Gasteiger partial charge in [-0.15, -0.1) is 10.2 Å². The van der Waals surface area contributed by atoms with Gasteiger partial charge in [-0.05, 0) is 49.4 Å². The van der Waals surface area contributed by atoms with Crippen LogP contribution in [0.15, 0.2) is 36.4 Å². The van der Waals surface area contributed by atoms with Gasteiger partial charge in [0.25, 0.3) is 0 Å². The number of piperidine rings is 1. The molecule has 2 heterocycles. The Kier molecular flexibility index (Phi) is 6.37. The number of para-hydroxylation sites is 1. The van der Waals surface area contributed by atoms with E-state index in [9.17, 15) is 15.0 Å². The van der Waals surface area contributed by atoms with Crippen LogP contribution in [-0.4, -0.2) is 52.7 Å².